The highest BCUT2D eigenvalue weighted by Crippen LogP contribution is 2.29. The summed E-state index contributed by atoms with van der Waals surface area (Å²) in [4.78, 5) is 13.0. The lowest BCUT2D eigenvalue weighted by Crippen LogP contribution is -2.26. The van der Waals surface area contributed by atoms with Gasteiger partial charge in [-0.3, -0.25) is 4.79 Å². The van der Waals surface area contributed by atoms with Crippen LogP contribution in [0.1, 0.15) is 19.4 Å². The van der Waals surface area contributed by atoms with Gasteiger partial charge in [0.1, 0.15) is 0 Å². The van der Waals surface area contributed by atoms with E-state index in [9.17, 15) is 4.79 Å². The van der Waals surface area contributed by atoms with Gasteiger partial charge in [0, 0.05) is 14.1 Å². The fourth-order valence-corrected chi connectivity index (χ4v) is 1.98. The molecule has 0 atom stereocenters. The monoisotopic (exact) mass is 255 g/mol. The largest absolute Gasteiger partial charge is 0.481 e. The molecular formula is C13H18ClNO2. The van der Waals surface area contributed by atoms with E-state index in [1.807, 2.05) is 37.2 Å². The lowest BCUT2D eigenvalue weighted by Gasteiger charge is -2.20. The molecule has 17 heavy (non-hydrogen) atoms. The Labute approximate surface area is 107 Å². The van der Waals surface area contributed by atoms with Gasteiger partial charge in [-0.15, -0.1) is 0 Å². The summed E-state index contributed by atoms with van der Waals surface area (Å²) in [5.41, 5.74) is 1.10. The summed E-state index contributed by atoms with van der Waals surface area (Å²) in [6.07, 6.45) is 0.468. The summed E-state index contributed by atoms with van der Waals surface area (Å²) < 4.78 is 0. The van der Waals surface area contributed by atoms with Crippen LogP contribution in [-0.4, -0.2) is 25.2 Å². The molecule has 0 aliphatic carbocycles. The van der Waals surface area contributed by atoms with Gasteiger partial charge in [-0.25, -0.2) is 0 Å². The Bertz CT molecular complexity index is 427. The Morgan fingerprint density at radius 2 is 2.00 bits per heavy atom. The Morgan fingerprint density at radius 3 is 2.41 bits per heavy atom. The Hall–Kier alpha value is -1.22. The third-order valence-corrected chi connectivity index (χ3v) is 3.02. The second-order valence-electron chi connectivity index (χ2n) is 5.05. The molecule has 0 aliphatic rings. The van der Waals surface area contributed by atoms with E-state index in [0.29, 0.717) is 11.4 Å². The van der Waals surface area contributed by atoms with Gasteiger partial charge in [0.05, 0.1) is 16.1 Å². The molecule has 0 bridgehead atoms. The van der Waals surface area contributed by atoms with Crippen molar-refractivity contribution < 1.29 is 9.90 Å². The van der Waals surface area contributed by atoms with Crippen LogP contribution in [0.15, 0.2) is 18.2 Å². The first-order valence-electron chi connectivity index (χ1n) is 5.43. The number of nitrogens with zero attached hydrogens (tertiary/aromatic N) is 1. The Balaban J connectivity index is 2.96. The highest BCUT2D eigenvalue weighted by atomic mass is 35.5. The van der Waals surface area contributed by atoms with E-state index in [0.717, 1.165) is 11.3 Å². The lowest BCUT2D eigenvalue weighted by atomic mass is 9.86. The standard InChI is InChI=1S/C13H18ClNO2/c1-13(2,12(16)17)8-9-5-6-11(15(3)4)10(14)7-9/h5-7H,8H2,1-4H3,(H,16,17). The Morgan fingerprint density at radius 1 is 1.41 bits per heavy atom. The number of rotatable bonds is 4. The minimum Gasteiger partial charge on any atom is -0.481 e. The molecule has 0 amide bonds. The number of carboxylic acid groups (broad SMARTS) is 1. The zero-order valence-electron chi connectivity index (χ0n) is 10.6. The van der Waals surface area contributed by atoms with Crippen molar-refractivity contribution in [3.63, 3.8) is 0 Å². The molecule has 0 radical (unpaired) electrons. The number of benzene rings is 1. The van der Waals surface area contributed by atoms with Crippen LogP contribution in [0.2, 0.25) is 5.02 Å². The molecule has 94 valence electrons. The van der Waals surface area contributed by atoms with Crippen LogP contribution in [-0.2, 0) is 11.2 Å². The molecule has 1 N–H and O–H groups in total. The molecule has 0 unspecified atom stereocenters. The van der Waals surface area contributed by atoms with Crippen molar-refractivity contribution in [1.82, 2.24) is 0 Å². The zero-order valence-corrected chi connectivity index (χ0v) is 11.4. The molecule has 0 saturated heterocycles. The van der Waals surface area contributed by atoms with Crippen molar-refractivity contribution in [3.05, 3.63) is 28.8 Å². The van der Waals surface area contributed by atoms with Crippen molar-refractivity contribution >= 4 is 23.3 Å². The van der Waals surface area contributed by atoms with Crippen LogP contribution in [0.3, 0.4) is 0 Å². The van der Waals surface area contributed by atoms with Crippen LogP contribution in [0.4, 0.5) is 5.69 Å². The molecule has 1 rings (SSSR count). The van der Waals surface area contributed by atoms with Gasteiger partial charge in [-0.05, 0) is 38.0 Å². The molecule has 1 aromatic rings. The zero-order chi connectivity index (χ0) is 13.2. The molecule has 0 saturated carbocycles. The van der Waals surface area contributed by atoms with Crippen molar-refractivity contribution in [2.75, 3.05) is 19.0 Å². The quantitative estimate of drug-likeness (QED) is 0.899. The predicted molar refractivity (Wildman–Crippen MR) is 70.9 cm³/mol. The van der Waals surface area contributed by atoms with Crippen molar-refractivity contribution in [1.29, 1.82) is 0 Å². The minimum absolute atomic E-state index is 0.468. The van der Waals surface area contributed by atoms with Crippen LogP contribution in [0.5, 0.6) is 0 Å². The number of carbonyl (C=O) groups is 1. The highest BCUT2D eigenvalue weighted by molar-refractivity contribution is 6.33. The maximum Gasteiger partial charge on any atom is 0.309 e. The molecule has 0 spiro atoms. The second-order valence-corrected chi connectivity index (χ2v) is 5.45. The third kappa shape index (κ3) is 3.37. The topological polar surface area (TPSA) is 40.5 Å². The third-order valence-electron chi connectivity index (χ3n) is 2.72. The number of hydrogen-bond donors (Lipinski definition) is 1. The van der Waals surface area contributed by atoms with Crippen molar-refractivity contribution in [2.45, 2.75) is 20.3 Å². The maximum atomic E-state index is 11.0. The average molecular weight is 256 g/mol. The van der Waals surface area contributed by atoms with Gasteiger partial charge in [0.2, 0.25) is 0 Å². The van der Waals surface area contributed by atoms with E-state index in [4.69, 9.17) is 16.7 Å². The fourth-order valence-electron chi connectivity index (χ4n) is 1.61. The smallest absolute Gasteiger partial charge is 0.309 e. The van der Waals surface area contributed by atoms with E-state index >= 15 is 0 Å². The molecule has 0 heterocycles. The molecule has 0 aliphatic heterocycles. The predicted octanol–water partition coefficient (Wildman–Crippen LogP) is 3.06. The van der Waals surface area contributed by atoms with Gasteiger partial charge in [0.15, 0.2) is 0 Å². The van der Waals surface area contributed by atoms with Gasteiger partial charge in [-0.2, -0.15) is 0 Å². The number of aliphatic carboxylic acids is 1. The molecule has 4 heteroatoms. The van der Waals surface area contributed by atoms with E-state index in [1.165, 1.54) is 0 Å². The average Bonchev–Trinajstić information content (AvgIpc) is 2.15. The lowest BCUT2D eigenvalue weighted by molar-refractivity contribution is -0.146. The number of anilines is 1. The summed E-state index contributed by atoms with van der Waals surface area (Å²) in [6.45, 7) is 3.42. The van der Waals surface area contributed by atoms with Crippen LogP contribution >= 0.6 is 11.6 Å². The molecule has 0 aromatic heterocycles. The van der Waals surface area contributed by atoms with E-state index in [-0.39, 0.29) is 0 Å². The Kier molecular flexibility index (Phi) is 4.04. The second kappa shape index (κ2) is 4.96. The van der Waals surface area contributed by atoms with E-state index in [1.54, 1.807) is 13.8 Å². The summed E-state index contributed by atoms with van der Waals surface area (Å²) >= 11 is 6.14. The van der Waals surface area contributed by atoms with E-state index in [2.05, 4.69) is 0 Å². The van der Waals surface area contributed by atoms with Gasteiger partial charge in [0.25, 0.3) is 0 Å². The first-order valence-corrected chi connectivity index (χ1v) is 5.81. The number of hydrogen-bond acceptors (Lipinski definition) is 2. The summed E-state index contributed by atoms with van der Waals surface area (Å²) in [7, 11) is 3.84. The first kappa shape index (κ1) is 13.8. The fraction of sp³-hybridized carbons (Fsp3) is 0.462. The summed E-state index contributed by atoms with van der Waals surface area (Å²) in [6, 6.07) is 5.67. The highest BCUT2D eigenvalue weighted by Gasteiger charge is 2.27. The summed E-state index contributed by atoms with van der Waals surface area (Å²) in [5, 5.41) is 9.72. The van der Waals surface area contributed by atoms with Crippen LogP contribution in [0, 0.1) is 5.41 Å². The molecule has 1 aromatic carbocycles. The normalized spacial score (nSPS) is 11.4. The SMILES string of the molecule is CN(C)c1ccc(CC(C)(C)C(=O)O)cc1Cl. The van der Waals surface area contributed by atoms with Gasteiger partial charge >= 0.3 is 5.97 Å². The van der Waals surface area contributed by atoms with Crippen LogP contribution in [0.25, 0.3) is 0 Å². The first-order chi connectivity index (χ1) is 7.74. The summed E-state index contributed by atoms with van der Waals surface area (Å²) in [5.74, 6) is -0.801. The molecular weight excluding hydrogens is 238 g/mol. The maximum absolute atomic E-state index is 11.0. The van der Waals surface area contributed by atoms with Gasteiger partial charge in [-0.1, -0.05) is 17.7 Å². The van der Waals surface area contributed by atoms with Gasteiger partial charge < -0.3 is 10.0 Å². The number of halogens is 1. The van der Waals surface area contributed by atoms with Crippen molar-refractivity contribution in [2.24, 2.45) is 5.41 Å². The molecule has 0 fully saturated rings. The minimum atomic E-state index is -0.801. The van der Waals surface area contributed by atoms with Crippen molar-refractivity contribution in [3.8, 4) is 0 Å². The number of carboxylic acids is 1. The van der Waals surface area contributed by atoms with E-state index < -0.39 is 11.4 Å². The molecule has 3 nitrogen and oxygen atoms in total. The van der Waals surface area contributed by atoms with Crippen LogP contribution < -0.4 is 4.90 Å².